The summed E-state index contributed by atoms with van der Waals surface area (Å²) in [6.45, 7) is 2.47. The van der Waals surface area contributed by atoms with E-state index in [4.69, 9.17) is 14.2 Å². The van der Waals surface area contributed by atoms with E-state index in [-0.39, 0.29) is 6.42 Å². The van der Waals surface area contributed by atoms with Gasteiger partial charge in [0, 0.05) is 24.2 Å². The number of aryl methyl sites for hydroxylation is 1. The summed E-state index contributed by atoms with van der Waals surface area (Å²) in [5.41, 5.74) is 1.70. The molecule has 3 unspecified atom stereocenters. The van der Waals surface area contributed by atoms with Gasteiger partial charge in [-0.1, -0.05) is 48.0 Å². The number of carbonyl (C=O) groups is 1. The number of carboxylic acids is 1. The molecule has 0 radical (unpaired) electrons. The highest BCUT2D eigenvalue weighted by Gasteiger charge is 2.41. The maximum Gasteiger partial charge on any atom is 0.360 e. The summed E-state index contributed by atoms with van der Waals surface area (Å²) in [6.07, 6.45) is 0.00686. The van der Waals surface area contributed by atoms with Gasteiger partial charge in [-0.2, -0.15) is 0 Å². The summed E-state index contributed by atoms with van der Waals surface area (Å²) >= 11 is -1.95. The van der Waals surface area contributed by atoms with E-state index in [2.05, 4.69) is 0 Å². The molecule has 1 saturated heterocycles. The van der Waals surface area contributed by atoms with Crippen molar-refractivity contribution >= 4 is 17.1 Å². The number of aliphatic hydroxyl groups excluding tert-OH is 1. The van der Waals surface area contributed by atoms with Crippen molar-refractivity contribution in [2.75, 3.05) is 6.61 Å². The molecule has 1 aliphatic heterocycles. The molecule has 8 heteroatoms. The summed E-state index contributed by atoms with van der Waals surface area (Å²) in [4.78, 5) is 12.5. The van der Waals surface area contributed by atoms with Crippen LogP contribution < -0.4 is 4.74 Å². The van der Waals surface area contributed by atoms with Gasteiger partial charge in [0.05, 0.1) is 6.10 Å². The van der Waals surface area contributed by atoms with Gasteiger partial charge in [0.1, 0.15) is 17.6 Å². The highest BCUT2D eigenvalue weighted by Crippen LogP contribution is 2.32. The van der Waals surface area contributed by atoms with Crippen LogP contribution in [0.2, 0.25) is 0 Å². The third kappa shape index (κ3) is 7.56. The lowest BCUT2D eigenvalue weighted by Crippen LogP contribution is -2.42. The molecule has 0 bridgehead atoms. The summed E-state index contributed by atoms with van der Waals surface area (Å²) in [5, 5.41) is 19.4. The lowest BCUT2D eigenvalue weighted by Gasteiger charge is -2.30. The average molecular weight is 525 g/mol. The molecule has 4 rings (SSSR count). The second-order valence-corrected chi connectivity index (χ2v) is 10.7. The minimum absolute atomic E-state index is 0.0622. The molecule has 0 saturated carbocycles. The van der Waals surface area contributed by atoms with Crippen LogP contribution in [0, 0.1) is 6.92 Å². The Balaban J connectivity index is 1.53. The van der Waals surface area contributed by atoms with Crippen molar-refractivity contribution in [2.45, 2.75) is 61.3 Å². The van der Waals surface area contributed by atoms with Crippen LogP contribution in [0.5, 0.6) is 11.5 Å². The fourth-order valence-electron chi connectivity index (χ4n) is 4.21. The number of benzene rings is 3. The van der Waals surface area contributed by atoms with Gasteiger partial charge in [-0.25, -0.2) is 4.79 Å². The second kappa shape index (κ2) is 13.1. The Morgan fingerprint density at radius 1 is 1.03 bits per heavy atom. The number of aliphatic hydroxyl groups is 1. The standard InChI is InChI=1S/C29H32O7S/c1-20-10-16-24(17-11-20)37(33)28(29(31)32)25(30)19-26(36-27-9-5-6-18-34-27)21-12-14-23(15-13-21)35-22-7-3-2-4-8-22/h2-4,7-8,10-17,25-28,30H,5-6,9,18-19H2,1H3,(H,31,32)/t25-,26-,27?,28?,37?/m0/s1. The van der Waals surface area contributed by atoms with E-state index in [1.165, 1.54) is 0 Å². The smallest absolute Gasteiger partial charge is 0.360 e. The molecule has 0 aliphatic carbocycles. The van der Waals surface area contributed by atoms with Crippen LogP contribution in [0.25, 0.3) is 0 Å². The van der Waals surface area contributed by atoms with Crippen LogP contribution in [0.3, 0.4) is 0 Å². The Kier molecular flexibility index (Phi) is 9.60. The predicted octanol–water partition coefficient (Wildman–Crippen LogP) is 5.38. The average Bonchev–Trinajstić information content (AvgIpc) is 2.90. The van der Waals surface area contributed by atoms with Gasteiger partial charge in [0.15, 0.2) is 11.2 Å². The first kappa shape index (κ1) is 27.2. The lowest BCUT2D eigenvalue weighted by atomic mass is 10.0. The summed E-state index contributed by atoms with van der Waals surface area (Å²) < 4.78 is 31.0. The zero-order valence-electron chi connectivity index (χ0n) is 20.7. The third-order valence-corrected chi connectivity index (χ3v) is 7.93. The molecule has 7 nitrogen and oxygen atoms in total. The second-order valence-electron chi connectivity index (χ2n) is 9.08. The Bertz CT molecular complexity index is 1120. The molecule has 0 aromatic heterocycles. The maximum absolute atomic E-state index is 13.2. The van der Waals surface area contributed by atoms with Gasteiger partial charge in [-0.3, -0.25) is 0 Å². The van der Waals surface area contributed by atoms with Crippen LogP contribution in [0.4, 0.5) is 0 Å². The molecular formula is C29H32O7S. The van der Waals surface area contributed by atoms with Crippen molar-refractivity contribution < 1.29 is 33.8 Å². The number of hydrogen-bond acceptors (Lipinski definition) is 6. The van der Waals surface area contributed by atoms with Crippen LogP contribution in [-0.2, 0) is 25.4 Å². The normalized spacial score (nSPS) is 18.9. The van der Waals surface area contributed by atoms with Gasteiger partial charge in [-0.05, 0) is 68.1 Å². The number of para-hydroxylation sites is 1. The van der Waals surface area contributed by atoms with Crippen LogP contribution in [-0.4, -0.2) is 45.0 Å². The number of carboxylic acid groups (broad SMARTS) is 1. The largest absolute Gasteiger partial charge is 0.611 e. The van der Waals surface area contributed by atoms with Crippen molar-refractivity contribution in [2.24, 2.45) is 0 Å². The molecule has 0 amide bonds. The molecule has 3 aromatic rings. The number of rotatable bonds is 11. The lowest BCUT2D eigenvalue weighted by molar-refractivity contribution is -0.195. The zero-order valence-corrected chi connectivity index (χ0v) is 21.5. The number of ether oxygens (including phenoxy) is 3. The Labute approximate surface area is 220 Å². The van der Waals surface area contributed by atoms with Gasteiger partial charge in [0.25, 0.3) is 0 Å². The fourth-order valence-corrected chi connectivity index (χ4v) is 5.48. The van der Waals surface area contributed by atoms with E-state index in [1.54, 1.807) is 36.4 Å². The van der Waals surface area contributed by atoms with Crippen LogP contribution in [0.15, 0.2) is 83.8 Å². The molecule has 37 heavy (non-hydrogen) atoms. The summed E-state index contributed by atoms with van der Waals surface area (Å²) in [7, 11) is 0. The summed E-state index contributed by atoms with van der Waals surface area (Å²) in [6, 6.07) is 23.4. The highest BCUT2D eigenvalue weighted by atomic mass is 32.2. The Hall–Kier alpha value is -2.88. The van der Waals surface area contributed by atoms with E-state index >= 15 is 0 Å². The number of aliphatic carboxylic acids is 1. The first-order valence-electron chi connectivity index (χ1n) is 12.4. The monoisotopic (exact) mass is 524 g/mol. The van der Waals surface area contributed by atoms with E-state index in [0.717, 1.165) is 24.0 Å². The van der Waals surface area contributed by atoms with Crippen molar-refractivity contribution in [3.8, 4) is 11.5 Å². The van der Waals surface area contributed by atoms with E-state index in [1.807, 2.05) is 49.4 Å². The first-order valence-corrected chi connectivity index (χ1v) is 13.6. The fraction of sp³-hybridized carbons (Fsp3) is 0.345. The quantitative estimate of drug-likeness (QED) is 0.324. The van der Waals surface area contributed by atoms with Crippen LogP contribution >= 0.6 is 0 Å². The van der Waals surface area contributed by atoms with Gasteiger partial charge < -0.3 is 29.0 Å². The van der Waals surface area contributed by atoms with Crippen molar-refractivity contribution in [3.05, 3.63) is 90.0 Å². The predicted molar refractivity (Wildman–Crippen MR) is 140 cm³/mol. The van der Waals surface area contributed by atoms with Crippen molar-refractivity contribution in [1.82, 2.24) is 0 Å². The van der Waals surface area contributed by atoms with Crippen LogP contribution in [0.1, 0.15) is 42.9 Å². The van der Waals surface area contributed by atoms with E-state index in [9.17, 15) is 19.6 Å². The molecule has 3 aromatic carbocycles. The first-order chi connectivity index (χ1) is 17.9. The molecule has 1 aliphatic rings. The minimum Gasteiger partial charge on any atom is -0.611 e. The minimum atomic E-state index is -1.95. The molecule has 196 valence electrons. The Morgan fingerprint density at radius 3 is 2.32 bits per heavy atom. The molecule has 1 heterocycles. The van der Waals surface area contributed by atoms with E-state index < -0.39 is 40.9 Å². The third-order valence-electron chi connectivity index (χ3n) is 6.22. The molecule has 1 fully saturated rings. The molecular weight excluding hydrogens is 492 g/mol. The Morgan fingerprint density at radius 2 is 1.70 bits per heavy atom. The van der Waals surface area contributed by atoms with Crippen molar-refractivity contribution in [3.63, 3.8) is 0 Å². The highest BCUT2D eigenvalue weighted by molar-refractivity contribution is 7.92. The topological polar surface area (TPSA) is 108 Å². The molecule has 2 N–H and O–H groups in total. The molecule has 5 atom stereocenters. The zero-order chi connectivity index (χ0) is 26.2. The molecule has 0 spiro atoms. The SMILES string of the molecule is Cc1ccc([S+]([O-])C(C(=O)O)[C@@H](O)C[C@H](OC2CCCCO2)c2ccc(Oc3ccccc3)cc2)cc1. The maximum atomic E-state index is 13.2. The van der Waals surface area contributed by atoms with Gasteiger partial charge >= 0.3 is 5.97 Å². The van der Waals surface area contributed by atoms with Crippen molar-refractivity contribution in [1.29, 1.82) is 0 Å². The number of hydrogen-bond donors (Lipinski definition) is 2. The summed E-state index contributed by atoms with van der Waals surface area (Å²) in [5.74, 6) is 0.00898. The van der Waals surface area contributed by atoms with Gasteiger partial charge in [0.2, 0.25) is 5.25 Å². The van der Waals surface area contributed by atoms with E-state index in [0.29, 0.717) is 29.4 Å². The van der Waals surface area contributed by atoms with Gasteiger partial charge in [-0.15, -0.1) is 0 Å².